The van der Waals surface area contributed by atoms with Gasteiger partial charge in [-0.05, 0) is 43.7 Å². The Balaban J connectivity index is 0.00000420. The Bertz CT molecular complexity index is 615. The average molecular weight is 429 g/mol. The highest BCUT2D eigenvalue weighted by molar-refractivity contribution is 6.31. The number of aliphatic hydroxyl groups is 1. The highest BCUT2D eigenvalue weighted by Crippen LogP contribution is 2.46. The van der Waals surface area contributed by atoms with Crippen LogP contribution in [0, 0.1) is 23.2 Å². The van der Waals surface area contributed by atoms with Crippen molar-refractivity contribution < 1.29 is 15.4 Å². The first-order valence-electron chi connectivity index (χ1n) is 10.8. The smallest absolute Gasteiger partial charge is 0.239 e. The van der Waals surface area contributed by atoms with Crippen LogP contribution in [0.1, 0.15) is 60.8 Å². The number of piperidine rings is 1. The molecular formula is C23H41ClN2O3. The molecule has 0 spiro atoms. The Morgan fingerprint density at radius 3 is 2.48 bits per heavy atom. The Morgan fingerprint density at radius 2 is 2.00 bits per heavy atom. The molecule has 5 nitrogen and oxygen atoms in total. The predicted octanol–water partition coefficient (Wildman–Crippen LogP) is 3.51. The molecule has 0 aromatic carbocycles. The van der Waals surface area contributed by atoms with Crippen molar-refractivity contribution in [2.45, 2.75) is 72.4 Å². The van der Waals surface area contributed by atoms with Crippen LogP contribution in [-0.4, -0.2) is 52.7 Å². The number of nitrogens with one attached hydrogen (secondary N) is 1. The summed E-state index contributed by atoms with van der Waals surface area (Å²) in [7, 11) is 0. The number of nitrogens with zero attached hydrogens (tertiary/aromatic N) is 1. The number of amides is 1. The molecule has 1 unspecified atom stereocenters. The molecule has 0 radical (unpaired) electrons. The fraction of sp³-hybridized carbons (Fsp3) is 0.783. The van der Waals surface area contributed by atoms with Gasteiger partial charge in [-0.3, -0.25) is 4.79 Å². The molecule has 2 aliphatic rings. The van der Waals surface area contributed by atoms with Crippen LogP contribution in [-0.2, 0) is 4.79 Å². The van der Waals surface area contributed by atoms with E-state index in [-0.39, 0.29) is 29.3 Å². The van der Waals surface area contributed by atoms with E-state index in [1.165, 1.54) is 0 Å². The molecule has 3 atom stereocenters. The van der Waals surface area contributed by atoms with Gasteiger partial charge in [0.05, 0.1) is 11.6 Å². The molecule has 1 aliphatic heterocycles. The van der Waals surface area contributed by atoms with Crippen LogP contribution in [0.2, 0.25) is 0 Å². The molecule has 1 aliphatic carbocycles. The van der Waals surface area contributed by atoms with Gasteiger partial charge in [-0.15, -0.1) is 0 Å². The number of allylic oxidation sites excluding steroid dienone is 3. The largest absolute Gasteiger partial charge is 0.412 e. The van der Waals surface area contributed by atoms with E-state index in [0.717, 1.165) is 24.4 Å². The van der Waals surface area contributed by atoms with Crippen molar-refractivity contribution in [3.05, 3.63) is 23.3 Å². The highest BCUT2D eigenvalue weighted by Gasteiger charge is 2.52. The monoisotopic (exact) mass is 428 g/mol. The minimum absolute atomic E-state index is 0. The molecule has 0 saturated carbocycles. The molecule has 29 heavy (non-hydrogen) atoms. The fourth-order valence-electron chi connectivity index (χ4n) is 4.49. The summed E-state index contributed by atoms with van der Waals surface area (Å²) in [5.74, 6) is 1.05. The van der Waals surface area contributed by atoms with Crippen molar-refractivity contribution in [2.24, 2.45) is 23.2 Å². The van der Waals surface area contributed by atoms with E-state index in [4.69, 9.17) is 11.6 Å². The number of carbonyl (C=O) groups is 1. The minimum atomic E-state index is -0.841. The third-order valence-corrected chi connectivity index (χ3v) is 6.80. The first-order valence-corrected chi connectivity index (χ1v) is 11.1. The van der Waals surface area contributed by atoms with Gasteiger partial charge in [-0.2, -0.15) is 0 Å². The summed E-state index contributed by atoms with van der Waals surface area (Å²) in [6.45, 7) is 14.8. The van der Waals surface area contributed by atoms with E-state index in [1.807, 2.05) is 23.1 Å². The van der Waals surface area contributed by atoms with Gasteiger partial charge in [0.2, 0.25) is 5.91 Å². The fourth-order valence-corrected chi connectivity index (χ4v) is 4.65. The third-order valence-electron chi connectivity index (χ3n) is 6.52. The molecule has 2 rings (SSSR count). The van der Waals surface area contributed by atoms with Gasteiger partial charge in [0.25, 0.3) is 0 Å². The summed E-state index contributed by atoms with van der Waals surface area (Å²) in [5.41, 5.74) is -1.24. The maximum atomic E-state index is 13.3. The molecular weight excluding hydrogens is 388 g/mol. The van der Waals surface area contributed by atoms with E-state index in [1.54, 1.807) is 0 Å². The van der Waals surface area contributed by atoms with E-state index in [0.29, 0.717) is 25.4 Å². The zero-order valence-corrected chi connectivity index (χ0v) is 19.7. The Hall–Kier alpha value is -0.880. The van der Waals surface area contributed by atoms with Crippen LogP contribution in [0.3, 0.4) is 0 Å². The van der Waals surface area contributed by atoms with Crippen LogP contribution in [0.25, 0.3) is 0 Å². The molecule has 168 valence electrons. The summed E-state index contributed by atoms with van der Waals surface area (Å²) >= 11 is 6.06. The first-order chi connectivity index (χ1) is 13.0. The number of carbonyl (C=O) groups excluding carboxylic acids is 1. The summed E-state index contributed by atoms with van der Waals surface area (Å²) < 4.78 is 0. The lowest BCUT2D eigenvalue weighted by Crippen LogP contribution is -2.63. The Morgan fingerprint density at radius 1 is 1.34 bits per heavy atom. The molecule has 1 amide bonds. The van der Waals surface area contributed by atoms with Crippen LogP contribution in [0.5, 0.6) is 0 Å². The highest BCUT2D eigenvalue weighted by atomic mass is 35.5. The molecule has 1 fully saturated rings. The number of rotatable bonds is 7. The normalized spacial score (nSPS) is 27.6. The lowest BCUT2D eigenvalue weighted by Gasteiger charge is -2.54. The van der Waals surface area contributed by atoms with Gasteiger partial charge in [0.15, 0.2) is 0 Å². The molecule has 6 heteroatoms. The zero-order valence-electron chi connectivity index (χ0n) is 19.0. The van der Waals surface area contributed by atoms with Gasteiger partial charge in [0.1, 0.15) is 0 Å². The topological polar surface area (TPSA) is 84.1 Å². The van der Waals surface area contributed by atoms with E-state index in [9.17, 15) is 9.90 Å². The van der Waals surface area contributed by atoms with Crippen molar-refractivity contribution in [3.8, 4) is 0 Å². The number of hydrogen-bond donors (Lipinski definition) is 2. The van der Waals surface area contributed by atoms with Crippen molar-refractivity contribution in [3.63, 3.8) is 0 Å². The summed E-state index contributed by atoms with van der Waals surface area (Å²) in [4.78, 5) is 15.2. The molecule has 1 saturated heterocycles. The van der Waals surface area contributed by atoms with E-state index < -0.39 is 11.0 Å². The van der Waals surface area contributed by atoms with Crippen molar-refractivity contribution in [2.75, 3.05) is 19.6 Å². The maximum absolute atomic E-state index is 13.3. The van der Waals surface area contributed by atoms with Gasteiger partial charge in [0, 0.05) is 29.5 Å². The second-order valence-corrected chi connectivity index (χ2v) is 10.4. The number of hydrogen-bond acceptors (Lipinski definition) is 3. The molecule has 0 bridgehead atoms. The van der Waals surface area contributed by atoms with Crippen molar-refractivity contribution in [1.82, 2.24) is 10.2 Å². The van der Waals surface area contributed by atoms with Crippen molar-refractivity contribution >= 4 is 17.5 Å². The summed E-state index contributed by atoms with van der Waals surface area (Å²) in [5, 5.41) is 15.8. The Labute approximate surface area is 181 Å². The lowest BCUT2D eigenvalue weighted by atomic mass is 9.62. The lowest BCUT2D eigenvalue weighted by molar-refractivity contribution is -0.162. The average Bonchev–Trinajstić information content (AvgIpc) is 2.60. The third kappa shape index (κ3) is 6.06. The predicted molar refractivity (Wildman–Crippen MR) is 121 cm³/mol. The van der Waals surface area contributed by atoms with Gasteiger partial charge < -0.3 is 20.8 Å². The maximum Gasteiger partial charge on any atom is 0.239 e. The molecule has 0 aromatic rings. The van der Waals surface area contributed by atoms with E-state index in [2.05, 4.69) is 46.9 Å². The van der Waals surface area contributed by atoms with Crippen LogP contribution < -0.4 is 5.32 Å². The van der Waals surface area contributed by atoms with Crippen LogP contribution in [0.4, 0.5) is 0 Å². The minimum Gasteiger partial charge on any atom is -0.412 e. The molecule has 1 heterocycles. The zero-order chi connectivity index (χ0) is 21.1. The van der Waals surface area contributed by atoms with Gasteiger partial charge in [-0.1, -0.05) is 65.3 Å². The SMILES string of the molecule is CC(C)CCN[C@@H](C(=O)N1CC[C@](O)(C2C=CC(Cl)=CC2)C(C)(C)C1)C(C)C.O. The number of halogens is 1. The van der Waals surface area contributed by atoms with Gasteiger partial charge >= 0.3 is 0 Å². The van der Waals surface area contributed by atoms with Crippen LogP contribution >= 0.6 is 11.6 Å². The number of likely N-dealkylation sites (tertiary alicyclic amines) is 1. The molecule has 0 aromatic heterocycles. The summed E-state index contributed by atoms with van der Waals surface area (Å²) in [6.07, 6.45) is 8.29. The first kappa shape index (κ1) is 26.2. The standard InChI is InChI=1S/C23H39ClN2O2.H2O/c1-16(2)11-13-25-20(17(3)4)21(27)26-14-12-23(28,22(5,6)15-26)18-7-9-19(24)10-8-18;/h7,9-10,16-18,20,25,28H,8,11-15H2,1-6H3;1H2/t18?,20-,23+;/m1./s1. The van der Waals surface area contributed by atoms with E-state index >= 15 is 0 Å². The Kier molecular flexibility index (Phi) is 9.41. The molecule has 4 N–H and O–H groups in total. The second-order valence-electron chi connectivity index (χ2n) is 9.97. The van der Waals surface area contributed by atoms with Crippen molar-refractivity contribution in [1.29, 1.82) is 0 Å². The quantitative estimate of drug-likeness (QED) is 0.650. The van der Waals surface area contributed by atoms with Gasteiger partial charge in [-0.25, -0.2) is 0 Å². The summed E-state index contributed by atoms with van der Waals surface area (Å²) in [6, 6.07) is -0.169. The van der Waals surface area contributed by atoms with Crippen LogP contribution in [0.15, 0.2) is 23.3 Å². The second kappa shape index (κ2) is 10.4.